The summed E-state index contributed by atoms with van der Waals surface area (Å²) >= 11 is 4.71. The number of sulfone groups is 1. The number of hydrogen-bond donors (Lipinski definition) is 0. The summed E-state index contributed by atoms with van der Waals surface area (Å²) < 4.78 is 33.3. The lowest BCUT2D eigenvalue weighted by Gasteiger charge is -2.11. The SMILES string of the molecule is CC(C)Cn1c(SCCS(=O)(=O)c2ccc(Br)cc2)nnc1-c1ccco1. The van der Waals surface area contributed by atoms with Crippen LogP contribution in [0.2, 0.25) is 0 Å². The van der Waals surface area contributed by atoms with Gasteiger partial charge in [-0.25, -0.2) is 8.42 Å². The Hall–Kier alpha value is -1.58. The maximum Gasteiger partial charge on any atom is 0.200 e. The number of furan rings is 1. The van der Waals surface area contributed by atoms with Gasteiger partial charge >= 0.3 is 0 Å². The van der Waals surface area contributed by atoms with Crippen molar-refractivity contribution in [2.24, 2.45) is 5.92 Å². The van der Waals surface area contributed by atoms with E-state index in [1.807, 2.05) is 10.6 Å². The molecule has 3 aromatic rings. The van der Waals surface area contributed by atoms with E-state index in [2.05, 4.69) is 40.0 Å². The summed E-state index contributed by atoms with van der Waals surface area (Å²) in [5.41, 5.74) is 0. The van der Waals surface area contributed by atoms with Crippen molar-refractivity contribution in [3.8, 4) is 11.6 Å². The van der Waals surface area contributed by atoms with Crippen LogP contribution in [-0.2, 0) is 16.4 Å². The highest BCUT2D eigenvalue weighted by molar-refractivity contribution is 9.10. The Morgan fingerprint density at radius 1 is 1.19 bits per heavy atom. The molecule has 0 bridgehead atoms. The Kier molecular flexibility index (Phi) is 6.44. The molecule has 6 nitrogen and oxygen atoms in total. The fourth-order valence-electron chi connectivity index (χ4n) is 2.52. The van der Waals surface area contributed by atoms with E-state index >= 15 is 0 Å². The van der Waals surface area contributed by atoms with Crippen molar-refractivity contribution in [3.05, 3.63) is 47.1 Å². The van der Waals surface area contributed by atoms with Gasteiger partial charge in [0.05, 0.1) is 16.9 Å². The molecule has 144 valence electrons. The molecule has 0 aliphatic carbocycles. The molecule has 0 unspecified atom stereocenters. The van der Waals surface area contributed by atoms with Crippen molar-refractivity contribution in [3.63, 3.8) is 0 Å². The van der Waals surface area contributed by atoms with Gasteiger partial charge in [0.1, 0.15) is 0 Å². The Morgan fingerprint density at radius 2 is 1.93 bits per heavy atom. The second kappa shape index (κ2) is 8.62. The molecule has 0 N–H and O–H groups in total. The number of rotatable bonds is 8. The van der Waals surface area contributed by atoms with Gasteiger partial charge in [0.15, 0.2) is 26.6 Å². The summed E-state index contributed by atoms with van der Waals surface area (Å²) in [6.45, 7) is 4.95. The molecular formula is C18H20BrN3O3S2. The largest absolute Gasteiger partial charge is 0.461 e. The Balaban J connectivity index is 1.73. The summed E-state index contributed by atoms with van der Waals surface area (Å²) in [7, 11) is -3.34. The highest BCUT2D eigenvalue weighted by Crippen LogP contribution is 2.26. The average molecular weight is 470 g/mol. The van der Waals surface area contributed by atoms with Gasteiger partial charge in [0.25, 0.3) is 0 Å². The molecule has 0 amide bonds. The standard InChI is InChI=1S/C18H20BrN3O3S2/c1-13(2)12-22-17(16-4-3-9-25-16)20-21-18(22)26-10-11-27(23,24)15-7-5-14(19)6-8-15/h3-9,13H,10-12H2,1-2H3. The predicted molar refractivity (Wildman–Crippen MR) is 109 cm³/mol. The fraction of sp³-hybridized carbons (Fsp3) is 0.333. The monoisotopic (exact) mass is 469 g/mol. The highest BCUT2D eigenvalue weighted by atomic mass is 79.9. The van der Waals surface area contributed by atoms with Crippen LogP contribution in [0.15, 0.2) is 61.6 Å². The van der Waals surface area contributed by atoms with E-state index in [0.717, 1.165) is 11.0 Å². The smallest absolute Gasteiger partial charge is 0.200 e. The van der Waals surface area contributed by atoms with Crippen LogP contribution in [0.1, 0.15) is 13.8 Å². The molecule has 0 atom stereocenters. The maximum atomic E-state index is 12.5. The normalized spacial score (nSPS) is 12.0. The summed E-state index contributed by atoms with van der Waals surface area (Å²) in [6, 6.07) is 10.3. The number of thioether (sulfide) groups is 1. The number of benzene rings is 1. The second-order valence-electron chi connectivity index (χ2n) is 6.41. The van der Waals surface area contributed by atoms with Crippen molar-refractivity contribution in [2.75, 3.05) is 11.5 Å². The molecular weight excluding hydrogens is 450 g/mol. The van der Waals surface area contributed by atoms with E-state index in [1.54, 1.807) is 36.6 Å². The van der Waals surface area contributed by atoms with Gasteiger partial charge in [-0.1, -0.05) is 41.5 Å². The van der Waals surface area contributed by atoms with Crippen LogP contribution in [0, 0.1) is 5.92 Å². The lowest BCUT2D eigenvalue weighted by atomic mass is 10.2. The summed E-state index contributed by atoms with van der Waals surface area (Å²) in [4.78, 5) is 0.325. The Labute approximate surface area is 171 Å². The van der Waals surface area contributed by atoms with E-state index in [4.69, 9.17) is 4.42 Å². The number of nitrogens with zero attached hydrogens (tertiary/aromatic N) is 3. The number of hydrogen-bond acceptors (Lipinski definition) is 6. The van der Waals surface area contributed by atoms with Gasteiger partial charge < -0.3 is 4.42 Å². The molecule has 0 saturated carbocycles. The van der Waals surface area contributed by atoms with Crippen LogP contribution in [-0.4, -0.2) is 34.7 Å². The summed E-state index contributed by atoms with van der Waals surface area (Å²) in [5, 5.41) is 9.18. The molecule has 27 heavy (non-hydrogen) atoms. The Bertz CT molecular complexity index is 982. The van der Waals surface area contributed by atoms with Crippen LogP contribution in [0.3, 0.4) is 0 Å². The lowest BCUT2D eigenvalue weighted by Crippen LogP contribution is -2.11. The zero-order chi connectivity index (χ0) is 19.4. The highest BCUT2D eigenvalue weighted by Gasteiger charge is 2.19. The predicted octanol–water partition coefficient (Wildman–Crippen LogP) is 4.52. The van der Waals surface area contributed by atoms with Gasteiger partial charge in [-0.3, -0.25) is 4.57 Å². The molecule has 0 radical (unpaired) electrons. The Morgan fingerprint density at radius 3 is 2.56 bits per heavy atom. The van der Waals surface area contributed by atoms with Crippen molar-refractivity contribution in [2.45, 2.75) is 30.4 Å². The summed E-state index contributed by atoms with van der Waals surface area (Å²) in [5.74, 6) is 2.13. The fourth-order valence-corrected chi connectivity index (χ4v) is 5.38. The van der Waals surface area contributed by atoms with Crippen LogP contribution in [0.5, 0.6) is 0 Å². The minimum atomic E-state index is -3.34. The third-order valence-corrected chi connectivity index (χ3v) is 7.25. The van der Waals surface area contributed by atoms with Crippen molar-refractivity contribution >= 4 is 37.5 Å². The van der Waals surface area contributed by atoms with E-state index in [9.17, 15) is 8.42 Å². The number of aromatic nitrogens is 3. The van der Waals surface area contributed by atoms with Gasteiger partial charge in [0.2, 0.25) is 0 Å². The van der Waals surface area contributed by atoms with Gasteiger partial charge in [-0.2, -0.15) is 0 Å². The third kappa shape index (κ3) is 5.03. The molecule has 3 rings (SSSR count). The third-order valence-electron chi connectivity index (χ3n) is 3.76. The minimum Gasteiger partial charge on any atom is -0.461 e. The quantitative estimate of drug-likeness (QED) is 0.451. The molecule has 0 aliphatic rings. The van der Waals surface area contributed by atoms with E-state index < -0.39 is 9.84 Å². The molecule has 0 spiro atoms. The lowest BCUT2D eigenvalue weighted by molar-refractivity contribution is 0.489. The van der Waals surface area contributed by atoms with Crippen molar-refractivity contribution in [1.82, 2.24) is 14.8 Å². The van der Waals surface area contributed by atoms with Crippen LogP contribution >= 0.6 is 27.7 Å². The first-order valence-corrected chi connectivity index (χ1v) is 11.9. The van der Waals surface area contributed by atoms with Crippen molar-refractivity contribution < 1.29 is 12.8 Å². The van der Waals surface area contributed by atoms with Crippen LogP contribution < -0.4 is 0 Å². The van der Waals surface area contributed by atoms with Gasteiger partial charge in [0, 0.05) is 16.8 Å². The zero-order valence-electron chi connectivity index (χ0n) is 15.0. The van der Waals surface area contributed by atoms with Gasteiger partial charge in [-0.15, -0.1) is 10.2 Å². The molecule has 9 heteroatoms. The van der Waals surface area contributed by atoms with E-state index in [0.29, 0.717) is 33.3 Å². The number of halogens is 1. The molecule has 2 heterocycles. The molecule has 0 aliphatic heterocycles. The average Bonchev–Trinajstić information content (AvgIpc) is 3.25. The maximum absolute atomic E-state index is 12.5. The van der Waals surface area contributed by atoms with Crippen LogP contribution in [0.25, 0.3) is 11.6 Å². The molecule has 0 fully saturated rings. The summed E-state index contributed by atoms with van der Waals surface area (Å²) in [6.07, 6.45) is 1.60. The van der Waals surface area contributed by atoms with E-state index in [1.165, 1.54) is 11.8 Å². The first-order valence-electron chi connectivity index (χ1n) is 8.45. The molecule has 2 aromatic heterocycles. The topological polar surface area (TPSA) is 78.0 Å². The zero-order valence-corrected chi connectivity index (χ0v) is 18.2. The minimum absolute atomic E-state index is 0.0317. The first kappa shape index (κ1) is 20.2. The van der Waals surface area contributed by atoms with E-state index in [-0.39, 0.29) is 5.75 Å². The van der Waals surface area contributed by atoms with Crippen molar-refractivity contribution in [1.29, 1.82) is 0 Å². The second-order valence-corrected chi connectivity index (χ2v) is 10.5. The van der Waals surface area contributed by atoms with Crippen LogP contribution in [0.4, 0.5) is 0 Å². The molecule has 0 saturated heterocycles. The first-order chi connectivity index (χ1) is 12.9. The van der Waals surface area contributed by atoms with Gasteiger partial charge in [-0.05, 0) is 42.3 Å². The molecule has 1 aromatic carbocycles.